The summed E-state index contributed by atoms with van der Waals surface area (Å²) < 4.78 is 5.10. The first kappa shape index (κ1) is 11.3. The lowest BCUT2D eigenvalue weighted by Gasteiger charge is -2.15. The lowest BCUT2D eigenvalue weighted by molar-refractivity contribution is 0.372. The highest BCUT2D eigenvalue weighted by atomic mass is 16.5. The molecule has 1 fully saturated rings. The Bertz CT molecular complexity index is 365. The third-order valence-electron chi connectivity index (χ3n) is 3.46. The number of benzene rings is 1. The van der Waals surface area contributed by atoms with Crippen LogP contribution in [0, 0.1) is 5.92 Å². The predicted octanol–water partition coefficient (Wildman–Crippen LogP) is 2.07. The molecule has 88 valence electrons. The van der Waals surface area contributed by atoms with Gasteiger partial charge in [-0.3, -0.25) is 0 Å². The number of aromatic hydroxyl groups is 1. The summed E-state index contributed by atoms with van der Waals surface area (Å²) in [5, 5.41) is 9.50. The second kappa shape index (κ2) is 4.74. The average Bonchev–Trinajstić information content (AvgIpc) is 2.67. The number of phenols is 1. The minimum atomic E-state index is 0.196. The van der Waals surface area contributed by atoms with Gasteiger partial charge in [0.1, 0.15) is 0 Å². The van der Waals surface area contributed by atoms with Gasteiger partial charge in [0.25, 0.3) is 0 Å². The highest BCUT2D eigenvalue weighted by Gasteiger charge is 2.24. The first-order chi connectivity index (χ1) is 7.70. The molecular formula is C13H19NO2. The molecule has 16 heavy (non-hydrogen) atoms. The molecule has 0 heterocycles. The number of methoxy groups -OCH3 is 1. The van der Waals surface area contributed by atoms with Gasteiger partial charge in [0.15, 0.2) is 11.5 Å². The number of nitrogens with two attached hydrogens (primary N) is 1. The van der Waals surface area contributed by atoms with Crippen LogP contribution in [0.5, 0.6) is 11.5 Å². The van der Waals surface area contributed by atoms with Crippen LogP contribution in [0.4, 0.5) is 0 Å². The molecule has 0 unspecified atom stereocenters. The summed E-state index contributed by atoms with van der Waals surface area (Å²) in [5.74, 6) is 1.32. The van der Waals surface area contributed by atoms with Crippen LogP contribution in [0.25, 0.3) is 0 Å². The first-order valence-corrected chi connectivity index (χ1v) is 5.82. The molecule has 2 atom stereocenters. The highest BCUT2D eigenvalue weighted by Crippen LogP contribution is 2.31. The van der Waals surface area contributed by atoms with Gasteiger partial charge >= 0.3 is 0 Å². The van der Waals surface area contributed by atoms with Crippen LogP contribution in [-0.2, 0) is 6.42 Å². The third kappa shape index (κ3) is 2.30. The van der Waals surface area contributed by atoms with Crippen LogP contribution >= 0.6 is 0 Å². The monoisotopic (exact) mass is 221 g/mol. The van der Waals surface area contributed by atoms with E-state index in [4.69, 9.17) is 10.5 Å². The maximum absolute atomic E-state index is 9.50. The molecule has 1 aliphatic carbocycles. The fraction of sp³-hybridized carbons (Fsp3) is 0.538. The van der Waals surface area contributed by atoms with Gasteiger partial charge in [-0.2, -0.15) is 0 Å². The molecule has 1 saturated carbocycles. The van der Waals surface area contributed by atoms with Crippen molar-refractivity contribution in [3.8, 4) is 11.5 Å². The lowest BCUT2D eigenvalue weighted by atomic mass is 9.95. The Balaban J connectivity index is 2.09. The molecule has 0 bridgehead atoms. The van der Waals surface area contributed by atoms with Crippen LogP contribution in [-0.4, -0.2) is 18.3 Å². The largest absolute Gasteiger partial charge is 0.504 e. The van der Waals surface area contributed by atoms with Crippen molar-refractivity contribution in [3.63, 3.8) is 0 Å². The van der Waals surface area contributed by atoms with E-state index in [1.807, 2.05) is 12.1 Å². The minimum Gasteiger partial charge on any atom is -0.504 e. The van der Waals surface area contributed by atoms with Crippen molar-refractivity contribution in [2.45, 2.75) is 31.7 Å². The van der Waals surface area contributed by atoms with Crippen molar-refractivity contribution >= 4 is 0 Å². The van der Waals surface area contributed by atoms with Gasteiger partial charge in [-0.25, -0.2) is 0 Å². The van der Waals surface area contributed by atoms with Crippen LogP contribution in [0.1, 0.15) is 24.8 Å². The summed E-state index contributed by atoms with van der Waals surface area (Å²) in [4.78, 5) is 0. The Morgan fingerprint density at radius 3 is 2.88 bits per heavy atom. The second-order valence-electron chi connectivity index (χ2n) is 4.57. The first-order valence-electron chi connectivity index (χ1n) is 5.82. The standard InChI is InChI=1S/C13H19NO2/c1-16-13-8-9(5-6-12(13)15)7-10-3-2-4-11(10)14/h5-6,8,10-11,15H,2-4,7,14H2,1H3/t10-,11+/m0/s1. The fourth-order valence-electron chi connectivity index (χ4n) is 2.47. The van der Waals surface area contributed by atoms with Gasteiger partial charge in [-0.15, -0.1) is 0 Å². The van der Waals surface area contributed by atoms with E-state index in [9.17, 15) is 5.11 Å². The molecule has 0 spiro atoms. The van der Waals surface area contributed by atoms with Crippen molar-refractivity contribution in [1.29, 1.82) is 0 Å². The van der Waals surface area contributed by atoms with Crippen LogP contribution in [0.2, 0.25) is 0 Å². The highest BCUT2D eigenvalue weighted by molar-refractivity contribution is 5.41. The number of hydrogen-bond donors (Lipinski definition) is 2. The minimum absolute atomic E-state index is 0.196. The van der Waals surface area contributed by atoms with Crippen LogP contribution < -0.4 is 10.5 Å². The summed E-state index contributed by atoms with van der Waals surface area (Å²) in [5.41, 5.74) is 7.24. The molecule has 0 aromatic heterocycles. The van der Waals surface area contributed by atoms with E-state index in [-0.39, 0.29) is 5.75 Å². The van der Waals surface area contributed by atoms with Gasteiger partial charge in [0.05, 0.1) is 7.11 Å². The van der Waals surface area contributed by atoms with E-state index in [1.54, 1.807) is 13.2 Å². The topological polar surface area (TPSA) is 55.5 Å². The zero-order valence-electron chi connectivity index (χ0n) is 9.65. The average molecular weight is 221 g/mol. The lowest BCUT2D eigenvalue weighted by Crippen LogP contribution is -2.25. The molecular weight excluding hydrogens is 202 g/mol. The summed E-state index contributed by atoms with van der Waals surface area (Å²) in [6.07, 6.45) is 4.57. The summed E-state index contributed by atoms with van der Waals surface area (Å²) in [7, 11) is 1.57. The normalized spacial score (nSPS) is 24.6. The molecule has 2 rings (SSSR count). The molecule has 0 amide bonds. The quantitative estimate of drug-likeness (QED) is 0.821. The molecule has 3 heteroatoms. The van der Waals surface area contributed by atoms with Gasteiger partial charge in [-0.1, -0.05) is 12.5 Å². The molecule has 1 aromatic carbocycles. The molecule has 1 aliphatic rings. The van der Waals surface area contributed by atoms with E-state index in [2.05, 4.69) is 0 Å². The fourth-order valence-corrected chi connectivity index (χ4v) is 2.47. The smallest absolute Gasteiger partial charge is 0.160 e. The Kier molecular flexibility index (Phi) is 3.34. The summed E-state index contributed by atoms with van der Waals surface area (Å²) in [6.45, 7) is 0. The SMILES string of the molecule is COc1cc(C[C@@H]2CCC[C@H]2N)ccc1O. The Morgan fingerprint density at radius 1 is 1.44 bits per heavy atom. The zero-order chi connectivity index (χ0) is 11.5. The van der Waals surface area contributed by atoms with E-state index < -0.39 is 0 Å². The van der Waals surface area contributed by atoms with E-state index in [0.29, 0.717) is 17.7 Å². The van der Waals surface area contributed by atoms with E-state index >= 15 is 0 Å². The maximum atomic E-state index is 9.50. The molecule has 3 N–H and O–H groups in total. The molecule has 0 radical (unpaired) electrons. The van der Waals surface area contributed by atoms with Crippen LogP contribution in [0.3, 0.4) is 0 Å². The van der Waals surface area contributed by atoms with Crippen molar-refractivity contribution in [2.75, 3.05) is 7.11 Å². The van der Waals surface area contributed by atoms with E-state index in [1.165, 1.54) is 18.4 Å². The summed E-state index contributed by atoms with van der Waals surface area (Å²) in [6, 6.07) is 5.87. The zero-order valence-corrected chi connectivity index (χ0v) is 9.65. The number of ether oxygens (including phenoxy) is 1. The predicted molar refractivity (Wildman–Crippen MR) is 63.7 cm³/mol. The Labute approximate surface area is 96.2 Å². The molecule has 0 saturated heterocycles. The van der Waals surface area contributed by atoms with Crippen molar-refractivity contribution in [2.24, 2.45) is 11.7 Å². The number of rotatable bonds is 3. The van der Waals surface area contributed by atoms with Gasteiger partial charge in [0.2, 0.25) is 0 Å². The Hall–Kier alpha value is -1.22. The van der Waals surface area contributed by atoms with Crippen molar-refractivity contribution < 1.29 is 9.84 Å². The Morgan fingerprint density at radius 2 is 2.25 bits per heavy atom. The van der Waals surface area contributed by atoms with Crippen LogP contribution in [0.15, 0.2) is 18.2 Å². The van der Waals surface area contributed by atoms with Gasteiger partial charge < -0.3 is 15.6 Å². The van der Waals surface area contributed by atoms with Gasteiger partial charge in [0, 0.05) is 6.04 Å². The van der Waals surface area contributed by atoms with Crippen molar-refractivity contribution in [1.82, 2.24) is 0 Å². The molecule has 1 aromatic rings. The molecule has 0 aliphatic heterocycles. The van der Waals surface area contributed by atoms with Gasteiger partial charge in [-0.05, 0) is 42.9 Å². The summed E-state index contributed by atoms with van der Waals surface area (Å²) >= 11 is 0. The number of phenolic OH excluding ortho intramolecular Hbond substituents is 1. The van der Waals surface area contributed by atoms with E-state index in [0.717, 1.165) is 12.8 Å². The second-order valence-corrected chi connectivity index (χ2v) is 4.57. The number of hydrogen-bond acceptors (Lipinski definition) is 3. The maximum Gasteiger partial charge on any atom is 0.160 e. The molecule has 3 nitrogen and oxygen atoms in total. The third-order valence-corrected chi connectivity index (χ3v) is 3.46. The van der Waals surface area contributed by atoms with Crippen molar-refractivity contribution in [3.05, 3.63) is 23.8 Å².